The van der Waals surface area contributed by atoms with Crippen molar-refractivity contribution in [3.8, 4) is 0 Å². The molecule has 1 aromatic carbocycles. The lowest BCUT2D eigenvalue weighted by Crippen LogP contribution is -2.53. The Morgan fingerprint density at radius 1 is 1.24 bits per heavy atom. The Kier molecular flexibility index (Phi) is 5.20. The van der Waals surface area contributed by atoms with E-state index in [-0.39, 0.29) is 11.9 Å². The van der Waals surface area contributed by atoms with Gasteiger partial charge in [-0.2, -0.15) is 0 Å². The fraction of sp³-hybridized carbons (Fsp3) is 0.562. The van der Waals surface area contributed by atoms with Gasteiger partial charge in [0.25, 0.3) is 0 Å². The zero-order chi connectivity index (χ0) is 15.4. The van der Waals surface area contributed by atoms with Gasteiger partial charge in [0, 0.05) is 50.9 Å². The number of hydrogen-bond acceptors (Lipinski definition) is 4. The summed E-state index contributed by atoms with van der Waals surface area (Å²) in [4.78, 5) is 15.8. The molecule has 1 atom stereocenters. The van der Waals surface area contributed by atoms with Crippen molar-refractivity contribution >= 4 is 11.6 Å². The van der Waals surface area contributed by atoms with E-state index < -0.39 is 0 Å². The molecule has 1 unspecified atom stereocenters. The first-order chi connectivity index (χ1) is 10.0. The van der Waals surface area contributed by atoms with Gasteiger partial charge >= 0.3 is 0 Å². The topological polar surface area (TPSA) is 75.6 Å². The number of anilines is 1. The van der Waals surface area contributed by atoms with Gasteiger partial charge in [0.2, 0.25) is 5.91 Å². The van der Waals surface area contributed by atoms with Crippen molar-refractivity contribution in [2.75, 3.05) is 37.6 Å². The van der Waals surface area contributed by atoms with Crippen molar-refractivity contribution in [2.24, 2.45) is 11.5 Å². The van der Waals surface area contributed by atoms with Crippen molar-refractivity contribution in [3.63, 3.8) is 0 Å². The van der Waals surface area contributed by atoms with Crippen LogP contribution >= 0.6 is 0 Å². The van der Waals surface area contributed by atoms with Crippen molar-refractivity contribution in [2.45, 2.75) is 26.3 Å². The Bertz CT molecular complexity index is 495. The van der Waals surface area contributed by atoms with E-state index in [0.29, 0.717) is 13.0 Å². The Morgan fingerprint density at radius 2 is 1.90 bits per heavy atom. The van der Waals surface area contributed by atoms with Gasteiger partial charge in [-0.3, -0.25) is 9.69 Å². The van der Waals surface area contributed by atoms with Crippen LogP contribution in [-0.4, -0.2) is 49.6 Å². The summed E-state index contributed by atoms with van der Waals surface area (Å²) in [5.74, 6) is -0.276. The Balaban J connectivity index is 1.99. The third-order valence-corrected chi connectivity index (χ3v) is 4.46. The number of carbonyl (C=O) groups is 1. The van der Waals surface area contributed by atoms with Gasteiger partial charge in [0.1, 0.15) is 0 Å². The molecule has 1 heterocycles. The van der Waals surface area contributed by atoms with Gasteiger partial charge in [-0.1, -0.05) is 12.1 Å². The molecule has 1 aromatic rings. The highest BCUT2D eigenvalue weighted by molar-refractivity contribution is 5.74. The molecule has 0 bridgehead atoms. The summed E-state index contributed by atoms with van der Waals surface area (Å²) in [6.07, 6.45) is 0.347. The quantitative estimate of drug-likeness (QED) is 0.834. The monoisotopic (exact) mass is 290 g/mol. The molecule has 1 saturated heterocycles. The molecular formula is C16H26N4O. The second kappa shape index (κ2) is 6.91. The second-order valence-corrected chi connectivity index (χ2v) is 5.80. The maximum absolute atomic E-state index is 11.1. The van der Waals surface area contributed by atoms with E-state index in [1.165, 1.54) is 16.8 Å². The molecule has 5 nitrogen and oxygen atoms in total. The first-order valence-electron chi connectivity index (χ1n) is 7.56. The molecule has 1 amide bonds. The standard InChI is InChI=1S/C16H26N4O/c1-12-4-3-5-15(13(12)2)20-8-6-19(7-9-20)14(11-17)10-16(18)21/h3-5,14H,6-11,17H2,1-2H3,(H2,18,21). The average Bonchev–Trinajstić information content (AvgIpc) is 2.48. The maximum Gasteiger partial charge on any atom is 0.219 e. The molecule has 0 aliphatic carbocycles. The molecule has 1 fully saturated rings. The molecule has 1 aliphatic heterocycles. The zero-order valence-electron chi connectivity index (χ0n) is 13.0. The minimum atomic E-state index is -0.276. The van der Waals surface area contributed by atoms with E-state index >= 15 is 0 Å². The van der Waals surface area contributed by atoms with Gasteiger partial charge in [0.05, 0.1) is 0 Å². The molecule has 116 valence electrons. The molecular weight excluding hydrogens is 264 g/mol. The number of nitrogens with two attached hydrogens (primary N) is 2. The number of aryl methyl sites for hydroxylation is 1. The lowest BCUT2D eigenvalue weighted by Gasteiger charge is -2.40. The highest BCUT2D eigenvalue weighted by Gasteiger charge is 2.24. The minimum absolute atomic E-state index is 0.0725. The predicted octanol–water partition coefficient (Wildman–Crippen LogP) is 0.628. The minimum Gasteiger partial charge on any atom is -0.370 e. The van der Waals surface area contributed by atoms with E-state index in [2.05, 4.69) is 41.8 Å². The zero-order valence-corrected chi connectivity index (χ0v) is 13.0. The van der Waals surface area contributed by atoms with E-state index in [4.69, 9.17) is 11.5 Å². The predicted molar refractivity (Wildman–Crippen MR) is 86.4 cm³/mol. The largest absolute Gasteiger partial charge is 0.370 e. The molecule has 5 heteroatoms. The van der Waals surface area contributed by atoms with E-state index in [1.807, 2.05) is 0 Å². The lowest BCUT2D eigenvalue weighted by atomic mass is 10.1. The summed E-state index contributed by atoms with van der Waals surface area (Å²) in [5, 5.41) is 0. The number of benzene rings is 1. The number of piperazine rings is 1. The highest BCUT2D eigenvalue weighted by Crippen LogP contribution is 2.24. The normalized spacial score (nSPS) is 17.8. The summed E-state index contributed by atoms with van der Waals surface area (Å²) in [7, 11) is 0. The van der Waals surface area contributed by atoms with Crippen molar-refractivity contribution in [1.29, 1.82) is 0 Å². The number of amides is 1. The highest BCUT2D eigenvalue weighted by atomic mass is 16.1. The van der Waals surface area contributed by atoms with Crippen LogP contribution in [0.15, 0.2) is 18.2 Å². The number of nitrogens with zero attached hydrogens (tertiary/aromatic N) is 2. The summed E-state index contributed by atoms with van der Waals surface area (Å²) in [5.41, 5.74) is 15.1. The first-order valence-corrected chi connectivity index (χ1v) is 7.56. The third-order valence-electron chi connectivity index (χ3n) is 4.46. The summed E-state index contributed by atoms with van der Waals surface area (Å²) < 4.78 is 0. The SMILES string of the molecule is Cc1cccc(N2CCN(C(CN)CC(N)=O)CC2)c1C. The van der Waals surface area contributed by atoms with Gasteiger partial charge in [-0.15, -0.1) is 0 Å². The van der Waals surface area contributed by atoms with Crippen LogP contribution < -0.4 is 16.4 Å². The number of carbonyl (C=O) groups excluding carboxylic acids is 1. The lowest BCUT2D eigenvalue weighted by molar-refractivity contribution is -0.119. The Hall–Kier alpha value is -1.59. The second-order valence-electron chi connectivity index (χ2n) is 5.80. The number of rotatable bonds is 5. The summed E-state index contributed by atoms with van der Waals surface area (Å²) >= 11 is 0. The van der Waals surface area contributed by atoms with Crippen molar-refractivity contribution in [1.82, 2.24) is 4.90 Å². The molecule has 0 spiro atoms. The third kappa shape index (κ3) is 3.74. The molecule has 0 aromatic heterocycles. The number of hydrogen-bond donors (Lipinski definition) is 2. The van der Waals surface area contributed by atoms with Crippen LogP contribution in [0.3, 0.4) is 0 Å². The van der Waals surface area contributed by atoms with Gasteiger partial charge in [-0.25, -0.2) is 0 Å². The van der Waals surface area contributed by atoms with E-state index in [0.717, 1.165) is 26.2 Å². The summed E-state index contributed by atoms with van der Waals surface area (Å²) in [6.45, 7) is 8.55. The van der Waals surface area contributed by atoms with Crippen LogP contribution in [0, 0.1) is 13.8 Å². The van der Waals surface area contributed by atoms with Crippen LogP contribution in [0.1, 0.15) is 17.5 Å². The Labute approximate surface area is 126 Å². The number of primary amides is 1. The van der Waals surface area contributed by atoms with E-state index in [9.17, 15) is 4.79 Å². The first kappa shape index (κ1) is 15.8. The smallest absolute Gasteiger partial charge is 0.219 e. The van der Waals surface area contributed by atoms with Crippen LogP contribution in [-0.2, 0) is 4.79 Å². The molecule has 21 heavy (non-hydrogen) atoms. The maximum atomic E-state index is 11.1. The van der Waals surface area contributed by atoms with Crippen LogP contribution in [0.5, 0.6) is 0 Å². The fourth-order valence-corrected chi connectivity index (χ4v) is 3.00. The van der Waals surface area contributed by atoms with Crippen molar-refractivity contribution < 1.29 is 4.79 Å². The van der Waals surface area contributed by atoms with Gasteiger partial charge < -0.3 is 16.4 Å². The Morgan fingerprint density at radius 3 is 2.48 bits per heavy atom. The van der Waals surface area contributed by atoms with Crippen LogP contribution in [0.2, 0.25) is 0 Å². The van der Waals surface area contributed by atoms with Crippen LogP contribution in [0.25, 0.3) is 0 Å². The van der Waals surface area contributed by atoms with Gasteiger partial charge in [-0.05, 0) is 31.0 Å². The van der Waals surface area contributed by atoms with Crippen molar-refractivity contribution in [3.05, 3.63) is 29.3 Å². The van der Waals surface area contributed by atoms with E-state index in [1.54, 1.807) is 0 Å². The molecule has 4 N–H and O–H groups in total. The summed E-state index contributed by atoms with van der Waals surface area (Å²) in [6, 6.07) is 6.51. The molecule has 2 rings (SSSR count). The fourth-order valence-electron chi connectivity index (χ4n) is 3.00. The molecule has 0 saturated carbocycles. The molecule has 0 radical (unpaired) electrons. The van der Waals surface area contributed by atoms with Crippen LogP contribution in [0.4, 0.5) is 5.69 Å². The average molecular weight is 290 g/mol. The molecule has 1 aliphatic rings. The van der Waals surface area contributed by atoms with Gasteiger partial charge in [0.15, 0.2) is 0 Å².